The summed E-state index contributed by atoms with van der Waals surface area (Å²) in [7, 11) is 0. The Balaban J connectivity index is 1.20. The number of carbonyl (C=O) groups excluding carboxylic acids is 2. The van der Waals surface area contributed by atoms with Crippen LogP contribution in [0, 0.1) is 5.92 Å². The zero-order chi connectivity index (χ0) is 28.4. The molecule has 8 nitrogen and oxygen atoms in total. The van der Waals surface area contributed by atoms with Gasteiger partial charge in [-0.25, -0.2) is 4.79 Å². The number of carbonyl (C=O) groups is 3. The summed E-state index contributed by atoms with van der Waals surface area (Å²) in [4.78, 5) is 42.7. The van der Waals surface area contributed by atoms with Crippen molar-refractivity contribution in [1.82, 2.24) is 15.1 Å². The monoisotopic (exact) mass is 553 g/mol. The average molecular weight is 554 g/mol. The van der Waals surface area contributed by atoms with Crippen molar-refractivity contribution < 1.29 is 24.2 Å². The maximum Gasteiger partial charge on any atom is 0.408 e. The number of carboxylic acid groups (broad SMARTS) is 1. The fraction of sp³-hybridized carbons (Fsp3) is 0.364. The van der Waals surface area contributed by atoms with Gasteiger partial charge in [0.15, 0.2) is 0 Å². The summed E-state index contributed by atoms with van der Waals surface area (Å²) in [6, 6.07) is 26.3. The molecule has 212 valence electrons. The second kappa shape index (κ2) is 11.4. The van der Waals surface area contributed by atoms with Gasteiger partial charge in [0.1, 0.15) is 18.7 Å². The second-order valence-corrected chi connectivity index (χ2v) is 11.5. The van der Waals surface area contributed by atoms with E-state index in [-0.39, 0.29) is 31.5 Å². The van der Waals surface area contributed by atoms with Crippen molar-refractivity contribution >= 4 is 18.0 Å². The zero-order valence-corrected chi connectivity index (χ0v) is 23.0. The van der Waals surface area contributed by atoms with Crippen LogP contribution in [0.4, 0.5) is 4.79 Å². The second-order valence-electron chi connectivity index (χ2n) is 11.5. The molecule has 41 heavy (non-hydrogen) atoms. The molecule has 1 unspecified atom stereocenters. The molecule has 3 aromatic rings. The van der Waals surface area contributed by atoms with Crippen LogP contribution in [0.1, 0.15) is 41.9 Å². The van der Waals surface area contributed by atoms with Crippen LogP contribution in [0.5, 0.6) is 0 Å². The molecule has 1 heterocycles. The number of carboxylic acids is 1. The lowest BCUT2D eigenvalue weighted by molar-refractivity contribution is -0.147. The van der Waals surface area contributed by atoms with E-state index in [2.05, 4.69) is 34.5 Å². The third-order valence-electron chi connectivity index (χ3n) is 8.48. The van der Waals surface area contributed by atoms with Crippen molar-refractivity contribution in [3.8, 4) is 11.1 Å². The van der Waals surface area contributed by atoms with Gasteiger partial charge in [-0.1, -0.05) is 78.9 Å². The van der Waals surface area contributed by atoms with Gasteiger partial charge < -0.3 is 20.1 Å². The van der Waals surface area contributed by atoms with Crippen LogP contribution < -0.4 is 5.32 Å². The molecule has 6 rings (SSSR count). The highest BCUT2D eigenvalue weighted by Crippen LogP contribution is 2.44. The Morgan fingerprint density at radius 1 is 0.927 bits per heavy atom. The number of amides is 2. The van der Waals surface area contributed by atoms with Crippen molar-refractivity contribution in [2.75, 3.05) is 32.8 Å². The van der Waals surface area contributed by atoms with Gasteiger partial charge in [-0.05, 0) is 53.0 Å². The van der Waals surface area contributed by atoms with Gasteiger partial charge in [0.2, 0.25) is 5.91 Å². The van der Waals surface area contributed by atoms with E-state index >= 15 is 0 Å². The summed E-state index contributed by atoms with van der Waals surface area (Å²) in [5.41, 5.74) is 4.35. The fourth-order valence-electron chi connectivity index (χ4n) is 6.32. The Hall–Kier alpha value is -4.17. The molecule has 0 spiro atoms. The highest BCUT2D eigenvalue weighted by atomic mass is 16.5. The molecular weight excluding hydrogens is 518 g/mol. The predicted octanol–water partition coefficient (Wildman–Crippen LogP) is 4.49. The van der Waals surface area contributed by atoms with Crippen molar-refractivity contribution in [2.45, 2.75) is 37.3 Å². The van der Waals surface area contributed by atoms with E-state index < -0.39 is 17.6 Å². The Morgan fingerprint density at radius 3 is 2.20 bits per heavy atom. The maximum absolute atomic E-state index is 14.1. The average Bonchev–Trinajstić information content (AvgIpc) is 3.62. The normalized spacial score (nSPS) is 19.8. The fourth-order valence-corrected chi connectivity index (χ4v) is 6.32. The van der Waals surface area contributed by atoms with Crippen molar-refractivity contribution in [2.24, 2.45) is 5.92 Å². The third-order valence-corrected chi connectivity index (χ3v) is 8.48. The molecule has 2 N–H and O–H groups in total. The zero-order valence-electron chi connectivity index (χ0n) is 23.0. The highest BCUT2D eigenvalue weighted by molar-refractivity contribution is 5.92. The van der Waals surface area contributed by atoms with Crippen molar-refractivity contribution in [3.63, 3.8) is 0 Å². The first-order chi connectivity index (χ1) is 19.9. The molecule has 2 amide bonds. The number of likely N-dealkylation sites (tertiary alicyclic amines) is 1. The minimum atomic E-state index is -1.26. The summed E-state index contributed by atoms with van der Waals surface area (Å²) in [5.74, 6) is -1.20. The minimum Gasteiger partial charge on any atom is -0.480 e. The van der Waals surface area contributed by atoms with Crippen molar-refractivity contribution in [3.05, 3.63) is 95.6 Å². The van der Waals surface area contributed by atoms with Crippen LogP contribution in [0.2, 0.25) is 0 Å². The number of ether oxygens (including phenoxy) is 1. The predicted molar refractivity (Wildman–Crippen MR) is 154 cm³/mol. The quantitative estimate of drug-likeness (QED) is 0.384. The minimum absolute atomic E-state index is 0.101. The molecular formula is C33H35N3O5. The maximum atomic E-state index is 14.1. The smallest absolute Gasteiger partial charge is 0.408 e. The summed E-state index contributed by atoms with van der Waals surface area (Å²) < 4.78 is 5.83. The van der Waals surface area contributed by atoms with Gasteiger partial charge in [0, 0.05) is 32.1 Å². The third kappa shape index (κ3) is 5.84. The Morgan fingerprint density at radius 2 is 1.56 bits per heavy atom. The number of rotatable bonds is 10. The molecule has 3 aromatic carbocycles. The largest absolute Gasteiger partial charge is 0.480 e. The first-order valence-electron chi connectivity index (χ1n) is 14.3. The molecule has 3 aliphatic rings. The number of aliphatic carboxylic acids is 1. The summed E-state index contributed by atoms with van der Waals surface area (Å²) in [5, 5.41) is 12.5. The van der Waals surface area contributed by atoms with E-state index in [0.717, 1.165) is 40.7 Å². The number of hydrogen-bond donors (Lipinski definition) is 2. The van der Waals surface area contributed by atoms with E-state index in [1.54, 1.807) is 0 Å². The molecule has 1 saturated heterocycles. The standard InChI is InChI=1S/C33H35N3O5/c37-30(38)20-36(19-24-14-15-24)31(39)33(16-17-35(22-33)18-23-8-2-1-3-9-23)34-32(40)41-21-29-27-12-6-4-10-25(27)26-11-5-7-13-28(26)29/h1-13,24,29H,14-22H2,(H,34,40)(H,37,38). The molecule has 2 fully saturated rings. The van der Waals surface area contributed by atoms with Crippen LogP contribution in [-0.2, 0) is 20.9 Å². The Kier molecular flexibility index (Phi) is 7.49. The van der Waals surface area contributed by atoms with Gasteiger partial charge >= 0.3 is 12.1 Å². The Bertz CT molecular complexity index is 1390. The van der Waals surface area contributed by atoms with E-state index in [9.17, 15) is 19.5 Å². The van der Waals surface area contributed by atoms with E-state index in [4.69, 9.17) is 4.74 Å². The SMILES string of the molecule is O=C(O)CN(CC1CC1)C(=O)C1(NC(=O)OCC2c3ccccc3-c3ccccc32)CCN(Cc2ccccc2)C1. The van der Waals surface area contributed by atoms with Crippen LogP contribution in [0.25, 0.3) is 11.1 Å². The summed E-state index contributed by atoms with van der Waals surface area (Å²) >= 11 is 0. The molecule has 1 aliphatic heterocycles. The highest BCUT2D eigenvalue weighted by Gasteiger charge is 2.49. The lowest BCUT2D eigenvalue weighted by Gasteiger charge is -2.34. The van der Waals surface area contributed by atoms with E-state index in [1.807, 2.05) is 54.6 Å². The number of nitrogens with zero attached hydrogens (tertiary/aromatic N) is 2. The van der Waals surface area contributed by atoms with Gasteiger partial charge in [-0.15, -0.1) is 0 Å². The molecule has 1 atom stereocenters. The van der Waals surface area contributed by atoms with Gasteiger partial charge in [0.25, 0.3) is 0 Å². The number of benzene rings is 3. The number of fused-ring (bicyclic) bond motifs is 3. The van der Waals surface area contributed by atoms with Crippen molar-refractivity contribution in [1.29, 1.82) is 0 Å². The molecule has 8 heteroatoms. The van der Waals surface area contributed by atoms with Gasteiger partial charge in [-0.2, -0.15) is 0 Å². The first kappa shape index (κ1) is 27.0. The van der Waals surface area contributed by atoms with Crippen LogP contribution >= 0.6 is 0 Å². The number of alkyl carbamates (subject to hydrolysis) is 1. The lowest BCUT2D eigenvalue weighted by Crippen LogP contribution is -2.62. The van der Waals surface area contributed by atoms with E-state index in [0.29, 0.717) is 32.0 Å². The molecule has 1 saturated carbocycles. The first-order valence-corrected chi connectivity index (χ1v) is 14.3. The lowest BCUT2D eigenvalue weighted by atomic mass is 9.96. The van der Waals surface area contributed by atoms with Gasteiger partial charge in [-0.3, -0.25) is 14.5 Å². The molecule has 2 aliphatic carbocycles. The van der Waals surface area contributed by atoms with Crippen LogP contribution in [0.3, 0.4) is 0 Å². The number of nitrogens with one attached hydrogen (secondary N) is 1. The summed E-state index contributed by atoms with van der Waals surface area (Å²) in [6.45, 7) is 1.64. The van der Waals surface area contributed by atoms with Crippen LogP contribution in [0.15, 0.2) is 78.9 Å². The topological polar surface area (TPSA) is 99.2 Å². The van der Waals surface area contributed by atoms with Crippen LogP contribution in [-0.4, -0.2) is 71.2 Å². The molecule has 0 radical (unpaired) electrons. The molecule has 0 aromatic heterocycles. The van der Waals surface area contributed by atoms with E-state index in [1.165, 1.54) is 4.90 Å². The number of hydrogen-bond acceptors (Lipinski definition) is 5. The Labute approximate surface area is 239 Å². The summed E-state index contributed by atoms with van der Waals surface area (Å²) in [6.07, 6.45) is 1.68. The van der Waals surface area contributed by atoms with Gasteiger partial charge in [0.05, 0.1) is 0 Å². The molecule has 0 bridgehead atoms.